The van der Waals surface area contributed by atoms with Gasteiger partial charge in [-0.05, 0) is 77.9 Å². The second kappa shape index (κ2) is 21.1. The van der Waals surface area contributed by atoms with Crippen LogP contribution in [0.5, 0.6) is 0 Å². The van der Waals surface area contributed by atoms with E-state index >= 15 is 0 Å². The van der Waals surface area contributed by atoms with E-state index in [4.69, 9.17) is 10.7 Å². The molecule has 0 aliphatic carbocycles. The first-order valence-corrected chi connectivity index (χ1v) is 20.8. The van der Waals surface area contributed by atoms with E-state index in [1.165, 1.54) is 11.6 Å². The number of hydrogen-bond donors (Lipinski definition) is 4. The van der Waals surface area contributed by atoms with Gasteiger partial charge in [0.15, 0.2) is 0 Å². The van der Waals surface area contributed by atoms with Gasteiger partial charge in [-0.2, -0.15) is 13.2 Å². The second-order valence-corrected chi connectivity index (χ2v) is 15.3. The maximum atomic E-state index is 13.3. The number of pyridine rings is 2. The van der Waals surface area contributed by atoms with E-state index in [0.717, 1.165) is 51.2 Å². The average molecular weight is 860 g/mol. The first-order valence-electron chi connectivity index (χ1n) is 20.8. The summed E-state index contributed by atoms with van der Waals surface area (Å²) in [4.78, 5) is 26.5. The number of aliphatic hydroxyl groups is 1. The van der Waals surface area contributed by atoms with E-state index in [1.807, 2.05) is 92.0 Å². The Morgan fingerprint density at radius 3 is 1.67 bits per heavy atom. The fourth-order valence-corrected chi connectivity index (χ4v) is 7.04. The number of alkyl halides is 3. The highest BCUT2D eigenvalue weighted by molar-refractivity contribution is 5.82. The first-order chi connectivity index (χ1) is 31.0. The predicted octanol–water partition coefficient (Wildman–Crippen LogP) is 11.0. The summed E-state index contributed by atoms with van der Waals surface area (Å²) in [7, 11) is 0. The first kappa shape index (κ1) is 44.7. The zero-order valence-electron chi connectivity index (χ0n) is 35.4. The van der Waals surface area contributed by atoms with Crippen molar-refractivity contribution in [3.05, 3.63) is 193 Å². The highest BCUT2D eigenvalue weighted by atomic mass is 19.4. The molecule has 13 heteroatoms. The summed E-state index contributed by atoms with van der Waals surface area (Å²) < 4.78 is 39.8. The second-order valence-electron chi connectivity index (χ2n) is 15.3. The Bertz CT molecular complexity index is 2710. The van der Waals surface area contributed by atoms with Gasteiger partial charge in [0.05, 0.1) is 23.1 Å². The highest BCUT2D eigenvalue weighted by Gasteiger charge is 2.31. The summed E-state index contributed by atoms with van der Waals surface area (Å²) >= 11 is 0. The monoisotopic (exact) mass is 859 g/mol. The van der Waals surface area contributed by atoms with Crippen LogP contribution >= 0.6 is 0 Å². The van der Waals surface area contributed by atoms with Crippen LogP contribution in [0.3, 0.4) is 0 Å². The molecule has 8 rings (SSSR count). The fraction of sp³-hybridized carbons (Fsp3) is 0.176. The van der Waals surface area contributed by atoms with E-state index in [2.05, 4.69) is 60.7 Å². The maximum Gasteiger partial charge on any atom is 0.416 e. The molecule has 0 saturated carbocycles. The van der Waals surface area contributed by atoms with Crippen LogP contribution in [0, 0.1) is 12.8 Å². The SMILES string of the molecule is C[C@@H](CNc1ncc(-c2cccc(C(F)(F)F)c2)c(-c2ccncc2)n1)[C@H](N)c1ccccc1.Cc1cccc(-c2cnc(NCCC(O)c3ccccc3)nc2-c2ccncc2)c1. The number of halogens is 3. The molecule has 8 aromatic rings. The van der Waals surface area contributed by atoms with E-state index in [9.17, 15) is 18.3 Å². The van der Waals surface area contributed by atoms with Gasteiger partial charge in [0.25, 0.3) is 0 Å². The number of aryl methyl sites for hydroxylation is 1. The van der Waals surface area contributed by atoms with E-state index in [1.54, 1.807) is 49.2 Å². The van der Waals surface area contributed by atoms with Gasteiger partial charge in [-0.1, -0.05) is 110 Å². The Hall–Kier alpha value is -7.35. The van der Waals surface area contributed by atoms with Crippen molar-refractivity contribution in [1.29, 1.82) is 0 Å². The maximum absolute atomic E-state index is 13.3. The smallest absolute Gasteiger partial charge is 0.388 e. The molecule has 0 aliphatic heterocycles. The highest BCUT2D eigenvalue weighted by Crippen LogP contribution is 2.36. The molecule has 4 heterocycles. The van der Waals surface area contributed by atoms with Gasteiger partial charge in [0.1, 0.15) is 0 Å². The Labute approximate surface area is 370 Å². The summed E-state index contributed by atoms with van der Waals surface area (Å²) in [6, 6.07) is 40.2. The summed E-state index contributed by atoms with van der Waals surface area (Å²) in [6.45, 7) is 5.19. The van der Waals surface area contributed by atoms with Gasteiger partial charge in [-0.15, -0.1) is 0 Å². The van der Waals surface area contributed by atoms with Gasteiger partial charge in [-0.25, -0.2) is 19.9 Å². The summed E-state index contributed by atoms with van der Waals surface area (Å²) in [5.41, 5.74) is 14.8. The average Bonchev–Trinajstić information content (AvgIpc) is 3.34. The minimum Gasteiger partial charge on any atom is -0.388 e. The molecule has 64 heavy (non-hydrogen) atoms. The van der Waals surface area contributed by atoms with Crippen molar-refractivity contribution in [2.45, 2.75) is 38.6 Å². The molecule has 0 amide bonds. The van der Waals surface area contributed by atoms with Crippen molar-refractivity contribution in [2.75, 3.05) is 23.7 Å². The van der Waals surface area contributed by atoms with Crippen LogP contribution in [0.25, 0.3) is 44.8 Å². The number of hydrogen-bond acceptors (Lipinski definition) is 10. The lowest BCUT2D eigenvalue weighted by molar-refractivity contribution is -0.137. The molecule has 0 spiro atoms. The van der Waals surface area contributed by atoms with Crippen molar-refractivity contribution >= 4 is 11.9 Å². The van der Waals surface area contributed by atoms with Crippen LogP contribution in [-0.2, 0) is 6.18 Å². The standard InChI is InChI=1S/C26H24F3N5.C25H24N4O/c1-17(23(30)18-6-3-2-4-7-18)15-32-25-33-16-22(24(34-25)19-10-12-31-13-11-19)20-8-5-9-21(14-20)26(27,28)29;1-18-6-5-9-21(16-18)22-17-28-25(29-24(22)20-10-13-26-14-11-20)27-15-12-23(30)19-7-3-2-4-8-19/h2-14,16-17,23H,15,30H2,1H3,(H,32,33,34);2-11,13-14,16-17,23,30H,12,15H2,1H3,(H,27,28,29)/t17-,23-;/m0./s1. The van der Waals surface area contributed by atoms with Crippen molar-refractivity contribution in [1.82, 2.24) is 29.9 Å². The molecule has 4 aromatic carbocycles. The van der Waals surface area contributed by atoms with Crippen LogP contribution in [0.15, 0.2) is 171 Å². The lowest BCUT2D eigenvalue weighted by Crippen LogP contribution is -2.25. The normalized spacial score (nSPS) is 12.6. The lowest BCUT2D eigenvalue weighted by atomic mass is 9.95. The molecule has 5 N–H and O–H groups in total. The number of rotatable bonds is 14. The van der Waals surface area contributed by atoms with Gasteiger partial charge in [-0.3, -0.25) is 9.97 Å². The number of benzene rings is 4. The number of aromatic nitrogens is 6. The minimum atomic E-state index is -4.44. The number of nitrogens with zero attached hydrogens (tertiary/aromatic N) is 6. The molecule has 0 fully saturated rings. The minimum absolute atomic E-state index is 0.0820. The number of nitrogens with one attached hydrogen (secondary N) is 2. The van der Waals surface area contributed by atoms with E-state index in [0.29, 0.717) is 48.2 Å². The Morgan fingerprint density at radius 1 is 0.609 bits per heavy atom. The third-order valence-electron chi connectivity index (χ3n) is 10.6. The van der Waals surface area contributed by atoms with Gasteiger partial charge < -0.3 is 21.5 Å². The van der Waals surface area contributed by atoms with Crippen LogP contribution < -0.4 is 16.4 Å². The molecular formula is C51H48F3N9O. The van der Waals surface area contributed by atoms with E-state index in [-0.39, 0.29) is 12.0 Å². The Balaban J connectivity index is 0.000000193. The zero-order chi connectivity index (χ0) is 44.9. The molecule has 0 aliphatic rings. The van der Waals surface area contributed by atoms with Gasteiger partial charge >= 0.3 is 6.18 Å². The zero-order valence-corrected chi connectivity index (χ0v) is 35.4. The van der Waals surface area contributed by atoms with Crippen molar-refractivity contribution in [3.63, 3.8) is 0 Å². The number of aliphatic hydroxyl groups excluding tert-OH is 1. The van der Waals surface area contributed by atoms with Crippen molar-refractivity contribution in [3.8, 4) is 44.8 Å². The molecule has 0 bridgehead atoms. The summed E-state index contributed by atoms with van der Waals surface area (Å²) in [6.07, 6.45) is 5.76. The Kier molecular flexibility index (Phi) is 14.8. The molecular weight excluding hydrogens is 812 g/mol. The van der Waals surface area contributed by atoms with Gasteiger partial charge in [0.2, 0.25) is 11.9 Å². The molecule has 324 valence electrons. The molecule has 10 nitrogen and oxygen atoms in total. The Morgan fingerprint density at radius 2 is 1.12 bits per heavy atom. The van der Waals surface area contributed by atoms with Gasteiger partial charge in [0, 0.05) is 78.6 Å². The third kappa shape index (κ3) is 11.8. The molecule has 4 aromatic heterocycles. The van der Waals surface area contributed by atoms with Crippen molar-refractivity contribution in [2.24, 2.45) is 11.7 Å². The predicted molar refractivity (Wildman–Crippen MR) is 247 cm³/mol. The third-order valence-corrected chi connectivity index (χ3v) is 10.6. The molecule has 0 saturated heterocycles. The van der Waals surface area contributed by atoms with Crippen LogP contribution in [-0.4, -0.2) is 48.1 Å². The molecule has 3 atom stereocenters. The van der Waals surface area contributed by atoms with Crippen LogP contribution in [0.1, 0.15) is 47.7 Å². The van der Waals surface area contributed by atoms with Crippen LogP contribution in [0.4, 0.5) is 25.1 Å². The number of anilines is 2. The quantitative estimate of drug-likeness (QED) is 0.0833. The number of nitrogens with two attached hydrogens (primary N) is 1. The van der Waals surface area contributed by atoms with E-state index < -0.39 is 17.8 Å². The van der Waals surface area contributed by atoms with Crippen molar-refractivity contribution < 1.29 is 18.3 Å². The summed E-state index contributed by atoms with van der Waals surface area (Å²) in [5, 5.41) is 16.8. The molecule has 1 unspecified atom stereocenters. The topological polar surface area (TPSA) is 148 Å². The lowest BCUT2D eigenvalue weighted by Gasteiger charge is -2.21. The molecule has 0 radical (unpaired) electrons. The fourth-order valence-electron chi connectivity index (χ4n) is 7.04. The van der Waals surface area contributed by atoms with Crippen LogP contribution in [0.2, 0.25) is 0 Å². The largest absolute Gasteiger partial charge is 0.416 e. The summed E-state index contributed by atoms with van der Waals surface area (Å²) in [5.74, 6) is 0.992.